The van der Waals surface area contributed by atoms with Gasteiger partial charge in [0.05, 0.1) is 17.2 Å². The first kappa shape index (κ1) is 20.6. The zero-order valence-corrected chi connectivity index (χ0v) is 17.8. The van der Waals surface area contributed by atoms with Crippen molar-refractivity contribution >= 4 is 28.8 Å². The first-order valence-electron chi connectivity index (χ1n) is 9.38. The third-order valence-corrected chi connectivity index (χ3v) is 6.31. The largest absolute Gasteiger partial charge is 0.489 e. The highest BCUT2D eigenvalue weighted by atomic mass is 35.5. The molecule has 2 aliphatic rings. The van der Waals surface area contributed by atoms with Crippen molar-refractivity contribution in [1.82, 2.24) is 9.88 Å². The van der Waals surface area contributed by atoms with Crippen molar-refractivity contribution in [2.45, 2.75) is 37.6 Å². The molecule has 2 aliphatic heterocycles. The van der Waals surface area contributed by atoms with Crippen LogP contribution < -0.4 is 4.74 Å². The number of hydrogen-bond donors (Lipinski definition) is 1. The Morgan fingerprint density at radius 3 is 3.07 bits per heavy atom. The summed E-state index contributed by atoms with van der Waals surface area (Å²) in [6.45, 7) is 4.56. The number of carbonyl (C=O) groups excluding carboxylic acids is 1. The number of benzene rings is 1. The molecule has 1 aromatic carbocycles. The van der Waals surface area contributed by atoms with E-state index in [2.05, 4.69) is 4.98 Å². The fourth-order valence-corrected chi connectivity index (χ4v) is 4.69. The van der Waals surface area contributed by atoms with E-state index in [9.17, 15) is 9.90 Å². The molecule has 1 unspecified atom stereocenters. The van der Waals surface area contributed by atoms with Crippen LogP contribution in [0.2, 0.25) is 5.02 Å². The van der Waals surface area contributed by atoms with Gasteiger partial charge in [-0.1, -0.05) is 11.6 Å². The monoisotopic (exact) mass is 440 g/mol. The summed E-state index contributed by atoms with van der Waals surface area (Å²) >= 11 is 7.83. The van der Waals surface area contributed by atoms with Gasteiger partial charge in [0.1, 0.15) is 30.3 Å². The quantitative estimate of drug-likeness (QED) is 0.768. The molecule has 2 aromatic rings. The Hall–Kier alpha value is -1.71. The maximum absolute atomic E-state index is 13.0. The lowest BCUT2D eigenvalue weighted by Crippen LogP contribution is -2.53. The minimum Gasteiger partial charge on any atom is -0.489 e. The summed E-state index contributed by atoms with van der Waals surface area (Å²) in [6.07, 6.45) is 2.13. The number of nitrogens with zero attached hydrogens (tertiary/aromatic N) is 2. The Kier molecular flexibility index (Phi) is 5.56. The van der Waals surface area contributed by atoms with Crippen LogP contribution in [0.4, 0.5) is 0 Å². The molecule has 2 fully saturated rings. The highest BCUT2D eigenvalue weighted by Gasteiger charge is 2.52. The van der Waals surface area contributed by atoms with E-state index in [0.29, 0.717) is 35.8 Å². The van der Waals surface area contributed by atoms with Crippen molar-refractivity contribution in [3.8, 4) is 5.75 Å². The van der Waals surface area contributed by atoms with Gasteiger partial charge in [-0.05, 0) is 32.0 Å². The Labute approximate surface area is 179 Å². The molecule has 3 heterocycles. The van der Waals surface area contributed by atoms with Gasteiger partial charge in [-0.3, -0.25) is 4.79 Å². The number of likely N-dealkylation sites (tertiary alicyclic amines) is 1. The van der Waals surface area contributed by atoms with Crippen LogP contribution >= 0.6 is 22.9 Å². The summed E-state index contributed by atoms with van der Waals surface area (Å²) in [4.78, 5) is 19.2. The fraction of sp³-hybridized carbons (Fsp3) is 0.500. The number of aliphatic hydroxyl groups is 1. The first-order valence-corrected chi connectivity index (χ1v) is 10.6. The number of piperidine rings is 1. The Bertz CT molecular complexity index is 892. The van der Waals surface area contributed by atoms with Crippen molar-refractivity contribution in [1.29, 1.82) is 0 Å². The van der Waals surface area contributed by atoms with Gasteiger partial charge in [0.25, 0.3) is 5.91 Å². The lowest BCUT2D eigenvalue weighted by molar-refractivity contribution is -0.0440. The average Bonchev–Trinajstić information content (AvgIpc) is 3.35. The van der Waals surface area contributed by atoms with E-state index in [1.807, 2.05) is 5.38 Å². The average molecular weight is 441 g/mol. The van der Waals surface area contributed by atoms with Crippen LogP contribution in [0.15, 0.2) is 29.8 Å². The SMILES string of the molecule is CC(C)(O)COc1ccc(C(=O)N2CC[C@@]3(c4nccs4)OCOC3C2)cc1Cl.[HH]. The molecular formula is C20H25ClN2O5S. The molecule has 0 aliphatic carbocycles. The molecule has 29 heavy (non-hydrogen) atoms. The summed E-state index contributed by atoms with van der Waals surface area (Å²) in [5, 5.41) is 12.9. The van der Waals surface area contributed by atoms with Crippen LogP contribution in [0.3, 0.4) is 0 Å². The minimum atomic E-state index is -0.973. The second-order valence-corrected chi connectivity index (χ2v) is 9.19. The Balaban J connectivity index is 0.00000256. The highest BCUT2D eigenvalue weighted by Crippen LogP contribution is 2.43. The number of thiazole rings is 1. The second kappa shape index (κ2) is 7.85. The molecule has 0 saturated carbocycles. The van der Waals surface area contributed by atoms with Gasteiger partial charge < -0.3 is 24.2 Å². The molecule has 2 atom stereocenters. The summed E-state index contributed by atoms with van der Waals surface area (Å²) < 4.78 is 17.3. The normalized spacial score (nSPS) is 24.4. The number of fused-ring (bicyclic) bond motifs is 1. The molecular weight excluding hydrogens is 416 g/mol. The summed E-state index contributed by atoms with van der Waals surface area (Å²) in [6, 6.07) is 4.93. The topological polar surface area (TPSA) is 81.1 Å². The summed E-state index contributed by atoms with van der Waals surface area (Å²) in [5.74, 6) is 0.309. The van der Waals surface area contributed by atoms with Gasteiger partial charge in [0, 0.05) is 31.5 Å². The third-order valence-electron chi connectivity index (χ3n) is 5.09. The Morgan fingerprint density at radius 2 is 2.38 bits per heavy atom. The molecule has 1 aromatic heterocycles. The third kappa shape index (κ3) is 4.13. The smallest absolute Gasteiger partial charge is 0.254 e. The number of aromatic nitrogens is 1. The van der Waals surface area contributed by atoms with E-state index in [-0.39, 0.29) is 26.8 Å². The van der Waals surface area contributed by atoms with E-state index in [4.69, 9.17) is 25.8 Å². The van der Waals surface area contributed by atoms with Crippen LogP contribution in [0.1, 0.15) is 37.1 Å². The van der Waals surface area contributed by atoms with Crippen molar-refractivity contribution in [3.05, 3.63) is 45.4 Å². The van der Waals surface area contributed by atoms with E-state index in [0.717, 1.165) is 5.01 Å². The summed E-state index contributed by atoms with van der Waals surface area (Å²) in [5.41, 5.74) is -1.07. The number of amides is 1. The second-order valence-electron chi connectivity index (χ2n) is 7.89. The lowest BCUT2D eigenvalue weighted by atomic mass is 9.89. The van der Waals surface area contributed by atoms with Gasteiger partial charge in [-0.2, -0.15) is 0 Å². The molecule has 7 nitrogen and oxygen atoms in total. The predicted octanol–water partition coefficient (Wildman–Crippen LogP) is 3.31. The van der Waals surface area contributed by atoms with Crippen molar-refractivity contribution in [2.24, 2.45) is 0 Å². The molecule has 0 radical (unpaired) electrons. The fourth-order valence-electron chi connectivity index (χ4n) is 3.59. The number of ether oxygens (including phenoxy) is 3. The molecule has 0 spiro atoms. The van der Waals surface area contributed by atoms with Crippen molar-refractivity contribution in [3.63, 3.8) is 0 Å². The van der Waals surface area contributed by atoms with E-state index in [1.165, 1.54) is 0 Å². The number of carbonyl (C=O) groups is 1. The zero-order valence-electron chi connectivity index (χ0n) is 16.3. The van der Waals surface area contributed by atoms with Crippen molar-refractivity contribution < 1.29 is 25.5 Å². The van der Waals surface area contributed by atoms with E-state index < -0.39 is 11.2 Å². The number of rotatable bonds is 5. The molecule has 4 rings (SSSR count). The zero-order chi connectivity index (χ0) is 20.6. The van der Waals surface area contributed by atoms with Gasteiger partial charge in [0.2, 0.25) is 0 Å². The molecule has 158 valence electrons. The van der Waals surface area contributed by atoms with Gasteiger partial charge in [0.15, 0.2) is 5.60 Å². The first-order chi connectivity index (χ1) is 13.8. The number of halogens is 1. The molecule has 0 bridgehead atoms. The standard InChI is InChI=1S/C20H23ClN2O5S.H2/c1-19(2,25)11-26-15-4-3-13(9-14(15)21)17(24)23-7-5-20(18-22-6-8-29-18)16(10-23)27-12-28-20;/h3-4,6,8-9,16,25H,5,7,10-12H2,1-2H3;1H/t16?,20-;/m1./s1. The van der Waals surface area contributed by atoms with Crippen LogP contribution in [0.5, 0.6) is 5.75 Å². The van der Waals surface area contributed by atoms with E-state index >= 15 is 0 Å². The van der Waals surface area contributed by atoms with Crippen LogP contribution in [0.25, 0.3) is 0 Å². The van der Waals surface area contributed by atoms with Crippen LogP contribution in [0, 0.1) is 0 Å². The Morgan fingerprint density at radius 1 is 1.55 bits per heavy atom. The highest BCUT2D eigenvalue weighted by molar-refractivity contribution is 7.09. The van der Waals surface area contributed by atoms with Gasteiger partial charge in [-0.25, -0.2) is 4.98 Å². The molecule has 2 saturated heterocycles. The lowest BCUT2D eigenvalue weighted by Gasteiger charge is -2.40. The van der Waals surface area contributed by atoms with Gasteiger partial charge >= 0.3 is 0 Å². The van der Waals surface area contributed by atoms with Gasteiger partial charge in [-0.15, -0.1) is 11.3 Å². The van der Waals surface area contributed by atoms with Crippen LogP contribution in [-0.2, 0) is 15.1 Å². The molecule has 1 amide bonds. The predicted molar refractivity (Wildman–Crippen MR) is 110 cm³/mol. The maximum atomic E-state index is 13.0. The van der Waals surface area contributed by atoms with E-state index in [1.54, 1.807) is 54.5 Å². The number of hydrogen-bond acceptors (Lipinski definition) is 7. The maximum Gasteiger partial charge on any atom is 0.254 e. The van der Waals surface area contributed by atoms with Crippen molar-refractivity contribution in [2.75, 3.05) is 26.5 Å². The molecule has 1 N–H and O–H groups in total. The van der Waals surface area contributed by atoms with Crippen LogP contribution in [-0.4, -0.2) is 59.1 Å². The summed E-state index contributed by atoms with van der Waals surface area (Å²) in [7, 11) is 0. The molecule has 9 heteroatoms. The minimum absolute atomic E-state index is 0.